The molecular formula is C44H41N5O5. The van der Waals surface area contributed by atoms with Crippen LogP contribution in [0.1, 0.15) is 66.0 Å². The molecule has 10 nitrogen and oxygen atoms in total. The molecule has 5 atom stereocenters. The number of aliphatic hydroxyl groups is 2. The largest absolute Gasteiger partial charge is 0.390 e. The summed E-state index contributed by atoms with van der Waals surface area (Å²) in [6, 6.07) is 36.6. The van der Waals surface area contributed by atoms with Crippen LogP contribution in [-0.4, -0.2) is 48.7 Å². The fourth-order valence-electron chi connectivity index (χ4n) is 9.22. The van der Waals surface area contributed by atoms with E-state index in [0.717, 1.165) is 44.5 Å². The summed E-state index contributed by atoms with van der Waals surface area (Å²) in [6.07, 6.45) is 0.793. The van der Waals surface area contributed by atoms with Crippen LogP contribution in [0.15, 0.2) is 121 Å². The number of hydrogen-bond acceptors (Lipinski definition) is 7. The summed E-state index contributed by atoms with van der Waals surface area (Å²) in [7, 11) is 0. The van der Waals surface area contributed by atoms with Gasteiger partial charge < -0.3 is 19.8 Å². The highest BCUT2D eigenvalue weighted by molar-refractivity contribution is 6.27. The molecule has 1 fully saturated rings. The molecule has 1 aromatic heterocycles. The van der Waals surface area contributed by atoms with Gasteiger partial charge in [0, 0.05) is 35.0 Å². The van der Waals surface area contributed by atoms with E-state index in [4.69, 9.17) is 4.74 Å². The van der Waals surface area contributed by atoms with Crippen molar-refractivity contribution >= 4 is 39.6 Å². The summed E-state index contributed by atoms with van der Waals surface area (Å²) in [6.45, 7) is 6.24. The molecule has 0 aliphatic carbocycles. The molecule has 1 spiro atoms. The van der Waals surface area contributed by atoms with Crippen molar-refractivity contribution in [3.05, 3.63) is 149 Å². The number of aromatic nitrogens is 3. The number of para-hydroxylation sites is 1. The summed E-state index contributed by atoms with van der Waals surface area (Å²) < 4.78 is 8.66. The van der Waals surface area contributed by atoms with E-state index >= 15 is 0 Å². The number of hydrogen-bond donors (Lipinski definition) is 2. The van der Waals surface area contributed by atoms with Crippen LogP contribution >= 0.6 is 0 Å². The number of carbonyl (C=O) groups is 2. The number of amides is 2. The number of anilines is 3. The molecule has 3 aliphatic heterocycles. The van der Waals surface area contributed by atoms with Gasteiger partial charge in [0.05, 0.1) is 41.4 Å². The lowest BCUT2D eigenvalue weighted by molar-refractivity contribution is -0.146. The van der Waals surface area contributed by atoms with E-state index in [1.807, 2.05) is 122 Å². The average Bonchev–Trinajstić information content (AvgIpc) is 3.91. The van der Waals surface area contributed by atoms with Crippen LogP contribution in [0.3, 0.4) is 0 Å². The molecule has 0 bridgehead atoms. The van der Waals surface area contributed by atoms with Gasteiger partial charge in [-0.15, -0.1) is 5.10 Å². The average molecular weight is 720 g/mol. The Kier molecular flexibility index (Phi) is 8.04. The second-order valence-electron chi connectivity index (χ2n) is 15.3. The van der Waals surface area contributed by atoms with Gasteiger partial charge in [-0.3, -0.25) is 19.2 Å². The van der Waals surface area contributed by atoms with E-state index in [0.29, 0.717) is 24.2 Å². The van der Waals surface area contributed by atoms with Crippen LogP contribution in [0, 0.1) is 11.8 Å². The standard InChI is InChI=1S/C44H41N5O5/c1-27-39(43(2,3)53)37(22-23-47-26-34(45-46-47)40(50)30-13-5-4-6-14-30)54-44(27)33-19-7-8-20-35(33)48(42(44)52)25-28-12-9-17-31(24-28)49-36-21-11-16-29-15-10-18-32(38(29)36)41(49)51/h4-21,24,26-27,37,39-40,50,53H,22-23,25H2,1-3H3/t27-,37+,39-,40-,44+/m1/s1. The fourth-order valence-corrected chi connectivity index (χ4v) is 9.22. The molecular weight excluding hydrogens is 679 g/mol. The van der Waals surface area contributed by atoms with E-state index < -0.39 is 23.4 Å². The van der Waals surface area contributed by atoms with Crippen molar-refractivity contribution in [3.63, 3.8) is 0 Å². The van der Waals surface area contributed by atoms with Crippen LogP contribution in [-0.2, 0) is 28.2 Å². The SMILES string of the molecule is C[C@@H]1[C@@H](C(C)(C)O)[C@H](CCn2cc([C@H](O)c3ccccc3)nn2)O[C@@]12C(=O)N(Cc1cccc(N3C(=O)c4cccc5cccc3c45)c1)c1ccccc12. The first-order chi connectivity index (χ1) is 26.1. The van der Waals surface area contributed by atoms with Crippen LogP contribution in [0.5, 0.6) is 0 Å². The Hall–Kier alpha value is -5.68. The first kappa shape index (κ1) is 34.1. The Morgan fingerprint density at radius 2 is 1.61 bits per heavy atom. The summed E-state index contributed by atoms with van der Waals surface area (Å²) in [5.74, 6) is -1.02. The highest BCUT2D eigenvalue weighted by Crippen LogP contribution is 2.58. The van der Waals surface area contributed by atoms with Crippen molar-refractivity contribution in [1.29, 1.82) is 0 Å². The number of aliphatic hydroxyl groups excluding tert-OH is 1. The van der Waals surface area contributed by atoms with E-state index in [1.165, 1.54) is 0 Å². The smallest absolute Gasteiger partial charge is 0.264 e. The van der Waals surface area contributed by atoms with Crippen LogP contribution in [0.2, 0.25) is 0 Å². The van der Waals surface area contributed by atoms with Crippen molar-refractivity contribution in [1.82, 2.24) is 15.0 Å². The molecule has 2 amide bonds. The van der Waals surface area contributed by atoms with Gasteiger partial charge >= 0.3 is 0 Å². The Morgan fingerprint density at radius 1 is 0.889 bits per heavy atom. The number of fused-ring (bicyclic) bond motifs is 2. The lowest BCUT2D eigenvalue weighted by Crippen LogP contribution is -2.46. The maximum atomic E-state index is 15.0. The second kappa shape index (κ2) is 12.7. The molecule has 0 radical (unpaired) electrons. The minimum atomic E-state index is -1.32. The minimum Gasteiger partial charge on any atom is -0.390 e. The zero-order valence-electron chi connectivity index (χ0n) is 30.3. The molecule has 10 heteroatoms. The van der Waals surface area contributed by atoms with Gasteiger partial charge in [0.15, 0.2) is 5.60 Å². The number of rotatable bonds is 9. The van der Waals surface area contributed by atoms with E-state index in [1.54, 1.807) is 34.5 Å². The molecule has 4 heterocycles. The monoisotopic (exact) mass is 719 g/mol. The Balaban J connectivity index is 0.998. The maximum Gasteiger partial charge on any atom is 0.264 e. The summed E-state index contributed by atoms with van der Waals surface area (Å²) in [5, 5.41) is 33.0. The Morgan fingerprint density at radius 3 is 2.41 bits per heavy atom. The Labute approximate surface area is 313 Å². The van der Waals surface area contributed by atoms with Gasteiger partial charge in [-0.2, -0.15) is 0 Å². The minimum absolute atomic E-state index is 0.0770. The third-order valence-corrected chi connectivity index (χ3v) is 11.6. The van der Waals surface area contributed by atoms with Crippen LogP contribution in [0.4, 0.5) is 17.1 Å². The van der Waals surface area contributed by atoms with E-state index in [2.05, 4.69) is 10.3 Å². The first-order valence-electron chi connectivity index (χ1n) is 18.5. The second-order valence-corrected chi connectivity index (χ2v) is 15.3. The molecule has 5 aromatic carbocycles. The van der Waals surface area contributed by atoms with Gasteiger partial charge in [0.25, 0.3) is 11.8 Å². The highest BCUT2D eigenvalue weighted by Gasteiger charge is 2.65. The van der Waals surface area contributed by atoms with Gasteiger partial charge in [-0.05, 0) is 67.1 Å². The summed E-state index contributed by atoms with van der Waals surface area (Å²) >= 11 is 0. The third-order valence-electron chi connectivity index (χ3n) is 11.6. The summed E-state index contributed by atoms with van der Waals surface area (Å²) in [4.78, 5) is 32.2. The van der Waals surface area contributed by atoms with Crippen molar-refractivity contribution in [2.75, 3.05) is 9.80 Å². The van der Waals surface area contributed by atoms with E-state index in [9.17, 15) is 19.8 Å². The molecule has 2 N–H and O–H groups in total. The fraction of sp³-hybridized carbons (Fsp3) is 0.273. The lowest BCUT2D eigenvalue weighted by Gasteiger charge is -2.34. The predicted molar refractivity (Wildman–Crippen MR) is 205 cm³/mol. The molecule has 9 rings (SSSR count). The molecule has 272 valence electrons. The predicted octanol–water partition coefficient (Wildman–Crippen LogP) is 7.06. The Bertz CT molecular complexity index is 2420. The van der Waals surface area contributed by atoms with Gasteiger partial charge in [0.2, 0.25) is 0 Å². The number of nitrogens with zero attached hydrogens (tertiary/aromatic N) is 5. The molecule has 0 unspecified atom stereocenters. The highest BCUT2D eigenvalue weighted by atomic mass is 16.5. The van der Waals surface area contributed by atoms with Crippen molar-refractivity contribution in [2.24, 2.45) is 11.8 Å². The number of carbonyl (C=O) groups excluding carboxylic acids is 2. The molecule has 3 aliphatic rings. The lowest BCUT2D eigenvalue weighted by atomic mass is 9.71. The quantitative estimate of drug-likeness (QED) is 0.164. The molecule has 6 aromatic rings. The van der Waals surface area contributed by atoms with Crippen molar-refractivity contribution < 1.29 is 24.5 Å². The number of benzene rings is 5. The van der Waals surface area contributed by atoms with E-state index in [-0.39, 0.29) is 30.2 Å². The number of ether oxygens (including phenoxy) is 1. The zero-order valence-corrected chi connectivity index (χ0v) is 30.3. The van der Waals surface area contributed by atoms with Crippen molar-refractivity contribution in [2.45, 2.75) is 63.7 Å². The van der Waals surface area contributed by atoms with Crippen LogP contribution in [0.25, 0.3) is 10.8 Å². The topological polar surface area (TPSA) is 121 Å². The maximum absolute atomic E-state index is 15.0. The van der Waals surface area contributed by atoms with Crippen LogP contribution < -0.4 is 9.80 Å². The third kappa shape index (κ3) is 5.27. The van der Waals surface area contributed by atoms with Gasteiger partial charge in [0.1, 0.15) is 11.8 Å². The molecule has 1 saturated heterocycles. The molecule has 54 heavy (non-hydrogen) atoms. The van der Waals surface area contributed by atoms with Crippen molar-refractivity contribution in [3.8, 4) is 0 Å². The first-order valence-corrected chi connectivity index (χ1v) is 18.5. The van der Waals surface area contributed by atoms with Gasteiger partial charge in [-0.25, -0.2) is 0 Å². The zero-order chi connectivity index (χ0) is 37.4. The normalized spacial score (nSPS) is 22.5. The summed E-state index contributed by atoms with van der Waals surface area (Å²) in [5.41, 5.74) is 3.35. The number of aryl methyl sites for hydroxylation is 1. The van der Waals surface area contributed by atoms with Gasteiger partial charge in [-0.1, -0.05) is 97.1 Å². The molecule has 0 saturated carbocycles.